The summed E-state index contributed by atoms with van der Waals surface area (Å²) in [5, 5.41) is 9.00. The minimum Gasteiger partial charge on any atom is -0.356 e. The maximum absolute atomic E-state index is 13.6. The van der Waals surface area contributed by atoms with Crippen LogP contribution in [0.1, 0.15) is 61.4 Å². The molecule has 32 heavy (non-hydrogen) atoms. The van der Waals surface area contributed by atoms with Gasteiger partial charge in [0, 0.05) is 25.4 Å². The molecular weight excluding hydrogens is 422 g/mol. The first-order valence-electron chi connectivity index (χ1n) is 10.6. The molecule has 8 heteroatoms. The van der Waals surface area contributed by atoms with Gasteiger partial charge in [0.25, 0.3) is 0 Å². The zero-order chi connectivity index (χ0) is 23.5. The van der Waals surface area contributed by atoms with Crippen LogP contribution < -0.4 is 4.90 Å². The zero-order valence-corrected chi connectivity index (χ0v) is 18.0. The molecule has 3 rings (SSSR count). The number of ketones is 1. The first kappa shape index (κ1) is 23.7. The number of nitriles is 1. The molecular formula is C24H25F4N3O. The predicted molar refractivity (Wildman–Crippen MR) is 113 cm³/mol. The Morgan fingerprint density at radius 1 is 1.25 bits per heavy atom. The highest BCUT2D eigenvalue weighted by Gasteiger charge is 2.34. The molecule has 1 atom stereocenters. The molecule has 0 N–H and O–H groups in total. The molecule has 170 valence electrons. The van der Waals surface area contributed by atoms with E-state index in [1.165, 1.54) is 18.2 Å². The number of nitrogens with zero attached hydrogens (tertiary/aromatic N) is 3. The van der Waals surface area contributed by atoms with Crippen LogP contribution in [0.5, 0.6) is 0 Å². The zero-order valence-electron chi connectivity index (χ0n) is 18.0. The van der Waals surface area contributed by atoms with Crippen molar-refractivity contribution in [1.29, 1.82) is 5.26 Å². The second-order valence-corrected chi connectivity index (χ2v) is 8.39. The average molecular weight is 447 g/mol. The second kappa shape index (κ2) is 9.68. The van der Waals surface area contributed by atoms with Crippen molar-refractivity contribution in [3.63, 3.8) is 0 Å². The van der Waals surface area contributed by atoms with Crippen LogP contribution in [-0.4, -0.2) is 23.9 Å². The summed E-state index contributed by atoms with van der Waals surface area (Å²) in [5.41, 5.74) is 0.0641. The summed E-state index contributed by atoms with van der Waals surface area (Å²) < 4.78 is 53.3. The van der Waals surface area contributed by atoms with E-state index < -0.39 is 23.6 Å². The molecule has 1 fully saturated rings. The number of hydrogen-bond donors (Lipinski definition) is 0. The monoisotopic (exact) mass is 447 g/mol. The Morgan fingerprint density at radius 2 is 1.94 bits per heavy atom. The van der Waals surface area contributed by atoms with Crippen molar-refractivity contribution in [2.75, 3.05) is 18.0 Å². The van der Waals surface area contributed by atoms with Crippen LogP contribution in [0.3, 0.4) is 0 Å². The van der Waals surface area contributed by atoms with Crippen LogP contribution in [0.15, 0.2) is 30.3 Å². The fourth-order valence-corrected chi connectivity index (χ4v) is 3.88. The molecule has 1 unspecified atom stereocenters. The van der Waals surface area contributed by atoms with E-state index in [1.807, 2.05) is 4.90 Å². The van der Waals surface area contributed by atoms with Crippen LogP contribution in [0.4, 0.5) is 23.4 Å². The van der Waals surface area contributed by atoms with E-state index in [1.54, 1.807) is 13.0 Å². The molecule has 2 aromatic rings. The van der Waals surface area contributed by atoms with E-state index in [0.717, 1.165) is 25.0 Å². The Bertz CT molecular complexity index is 1020. The van der Waals surface area contributed by atoms with Gasteiger partial charge in [-0.2, -0.15) is 18.4 Å². The van der Waals surface area contributed by atoms with E-state index in [-0.39, 0.29) is 24.2 Å². The van der Waals surface area contributed by atoms with Gasteiger partial charge in [0.05, 0.1) is 5.56 Å². The van der Waals surface area contributed by atoms with E-state index >= 15 is 0 Å². The van der Waals surface area contributed by atoms with Gasteiger partial charge in [-0.05, 0) is 54.5 Å². The Hall–Kier alpha value is -2.95. The smallest absolute Gasteiger partial charge is 0.356 e. The molecule has 2 heterocycles. The lowest BCUT2D eigenvalue weighted by atomic mass is 9.91. The number of rotatable bonds is 6. The lowest BCUT2D eigenvalue weighted by molar-refractivity contribution is -0.141. The summed E-state index contributed by atoms with van der Waals surface area (Å²) in [6, 6.07) is 8.12. The highest BCUT2D eigenvalue weighted by Crippen LogP contribution is 2.33. The quantitative estimate of drug-likeness (QED) is 0.537. The van der Waals surface area contributed by atoms with Crippen molar-refractivity contribution in [1.82, 2.24) is 4.98 Å². The van der Waals surface area contributed by atoms with E-state index in [2.05, 4.69) is 11.9 Å². The minimum atomic E-state index is -4.54. The molecule has 0 bridgehead atoms. The third-order valence-corrected chi connectivity index (χ3v) is 6.06. The van der Waals surface area contributed by atoms with Gasteiger partial charge in [0.1, 0.15) is 29.2 Å². The number of aromatic nitrogens is 1. The summed E-state index contributed by atoms with van der Waals surface area (Å²) in [4.78, 5) is 18.6. The van der Waals surface area contributed by atoms with E-state index in [4.69, 9.17) is 5.26 Å². The molecule has 0 spiro atoms. The summed E-state index contributed by atoms with van der Waals surface area (Å²) in [6.07, 6.45) is -2.44. The van der Waals surface area contributed by atoms with Gasteiger partial charge in [-0.1, -0.05) is 26.0 Å². The number of benzene rings is 1. The number of piperidine rings is 1. The van der Waals surface area contributed by atoms with Crippen molar-refractivity contribution >= 4 is 11.6 Å². The first-order chi connectivity index (χ1) is 15.1. The second-order valence-electron chi connectivity index (χ2n) is 8.39. The van der Waals surface area contributed by atoms with Crippen molar-refractivity contribution in [2.24, 2.45) is 5.92 Å². The van der Waals surface area contributed by atoms with Crippen LogP contribution in [0.25, 0.3) is 0 Å². The number of halogens is 4. The molecule has 1 aliphatic rings. The van der Waals surface area contributed by atoms with E-state index in [0.29, 0.717) is 36.0 Å². The Morgan fingerprint density at radius 3 is 2.56 bits per heavy atom. The Kier molecular flexibility index (Phi) is 7.17. The summed E-state index contributed by atoms with van der Waals surface area (Å²) in [5.74, 6) is -0.548. The van der Waals surface area contributed by atoms with Crippen molar-refractivity contribution in [3.8, 4) is 6.07 Å². The van der Waals surface area contributed by atoms with Crippen molar-refractivity contribution in [2.45, 2.75) is 51.6 Å². The number of aryl methyl sites for hydroxylation is 1. The summed E-state index contributed by atoms with van der Waals surface area (Å²) in [7, 11) is 0. The van der Waals surface area contributed by atoms with Gasteiger partial charge in [0.2, 0.25) is 0 Å². The van der Waals surface area contributed by atoms with Crippen molar-refractivity contribution < 1.29 is 22.4 Å². The maximum atomic E-state index is 13.6. The molecule has 1 aliphatic heterocycles. The molecule has 0 saturated carbocycles. The summed E-state index contributed by atoms with van der Waals surface area (Å²) >= 11 is 0. The number of Topliss-reactive ketones (excluding diaryl/α,β-unsaturated/α-hetero) is 1. The number of hydrogen-bond acceptors (Lipinski definition) is 4. The number of alkyl halides is 3. The van der Waals surface area contributed by atoms with Gasteiger partial charge >= 0.3 is 6.18 Å². The molecule has 4 nitrogen and oxygen atoms in total. The topological polar surface area (TPSA) is 57.0 Å². The molecule has 0 radical (unpaired) electrons. The van der Waals surface area contributed by atoms with Gasteiger partial charge in [0.15, 0.2) is 0 Å². The fourth-order valence-electron chi connectivity index (χ4n) is 3.88. The number of carbonyl (C=O) groups excluding carboxylic acids is 1. The molecule has 1 aromatic heterocycles. The van der Waals surface area contributed by atoms with Crippen LogP contribution in [-0.2, 0) is 17.4 Å². The third-order valence-electron chi connectivity index (χ3n) is 6.06. The SMILES string of the molecule is CC1CCN(c2nc(C(F)(F)F)ccc2CCC(=O)C(C)c2ccc(F)c(C#N)c2)CC1. The average Bonchev–Trinajstić information content (AvgIpc) is 2.77. The van der Waals surface area contributed by atoms with Crippen LogP contribution in [0, 0.1) is 23.1 Å². The lowest BCUT2D eigenvalue weighted by Crippen LogP contribution is -2.34. The predicted octanol–water partition coefficient (Wildman–Crippen LogP) is 5.65. The molecule has 1 aromatic carbocycles. The number of anilines is 1. The molecule has 1 saturated heterocycles. The standard InChI is InChI=1S/C24H25F4N3O/c1-15-9-11-31(12-10-15)23-17(5-8-22(30-23)24(26,27)28)4-7-21(32)16(2)18-3-6-20(25)19(13-18)14-29/h3,5-6,8,13,15-16H,4,7,9-12H2,1-2H3. The number of carbonyl (C=O) groups is 1. The highest BCUT2D eigenvalue weighted by molar-refractivity contribution is 5.85. The Labute approximate surface area is 184 Å². The maximum Gasteiger partial charge on any atom is 0.433 e. The first-order valence-corrected chi connectivity index (χ1v) is 10.6. The van der Waals surface area contributed by atoms with Gasteiger partial charge in [-0.3, -0.25) is 4.79 Å². The minimum absolute atomic E-state index is 0.102. The van der Waals surface area contributed by atoms with Crippen LogP contribution in [0.2, 0.25) is 0 Å². The van der Waals surface area contributed by atoms with E-state index in [9.17, 15) is 22.4 Å². The van der Waals surface area contributed by atoms with Gasteiger partial charge < -0.3 is 4.90 Å². The van der Waals surface area contributed by atoms with Gasteiger partial charge in [-0.15, -0.1) is 0 Å². The summed E-state index contributed by atoms with van der Waals surface area (Å²) in [6.45, 7) is 5.04. The van der Waals surface area contributed by atoms with Crippen molar-refractivity contribution in [3.05, 3.63) is 58.5 Å². The Balaban J connectivity index is 1.79. The third kappa shape index (κ3) is 5.45. The number of pyridine rings is 1. The van der Waals surface area contributed by atoms with Gasteiger partial charge in [-0.25, -0.2) is 9.37 Å². The lowest BCUT2D eigenvalue weighted by Gasteiger charge is -2.33. The normalized spacial score (nSPS) is 16.0. The molecule has 0 aliphatic carbocycles. The fraction of sp³-hybridized carbons (Fsp3) is 0.458. The highest BCUT2D eigenvalue weighted by atomic mass is 19.4. The van der Waals surface area contributed by atoms with Crippen LogP contribution >= 0.6 is 0 Å². The largest absolute Gasteiger partial charge is 0.433 e. The molecule has 0 amide bonds.